The molecule has 2 aromatic rings. The van der Waals surface area contributed by atoms with Gasteiger partial charge in [0.1, 0.15) is 0 Å². The van der Waals surface area contributed by atoms with Gasteiger partial charge in [0.05, 0.1) is 10.6 Å². The van der Waals surface area contributed by atoms with Crippen molar-refractivity contribution in [1.29, 1.82) is 0 Å². The maximum Gasteiger partial charge on any atom is 0.282 e. The molecule has 104 valence electrons. The Morgan fingerprint density at radius 1 is 0.950 bits per heavy atom. The maximum atomic E-state index is 12.2. The zero-order chi connectivity index (χ0) is 14.8. The summed E-state index contributed by atoms with van der Waals surface area (Å²) < 4.78 is 28.4. The third-order valence-electron chi connectivity index (χ3n) is 3.01. The Kier molecular flexibility index (Phi) is 4.04. The molecule has 0 amide bonds. The SMILES string of the molecule is C/C(=N\S(=O)(=O)c1ccc(C)cc1)c1cccc(C)c1. The van der Waals surface area contributed by atoms with Gasteiger partial charge in [0, 0.05) is 0 Å². The van der Waals surface area contributed by atoms with Crippen molar-refractivity contribution in [3.63, 3.8) is 0 Å². The smallest absolute Gasteiger partial charge is 0.199 e. The van der Waals surface area contributed by atoms with Crippen LogP contribution in [0.2, 0.25) is 0 Å². The van der Waals surface area contributed by atoms with Crippen LogP contribution in [0.4, 0.5) is 0 Å². The lowest BCUT2D eigenvalue weighted by Crippen LogP contribution is -2.03. The molecule has 0 N–H and O–H groups in total. The second-order valence-electron chi connectivity index (χ2n) is 4.83. The zero-order valence-electron chi connectivity index (χ0n) is 11.8. The van der Waals surface area contributed by atoms with Crippen LogP contribution < -0.4 is 0 Å². The van der Waals surface area contributed by atoms with Crippen molar-refractivity contribution in [3.8, 4) is 0 Å². The van der Waals surface area contributed by atoms with Crippen molar-refractivity contribution < 1.29 is 8.42 Å². The molecule has 20 heavy (non-hydrogen) atoms. The normalized spacial score (nSPS) is 12.4. The fraction of sp³-hybridized carbons (Fsp3) is 0.188. The van der Waals surface area contributed by atoms with E-state index in [0.29, 0.717) is 5.71 Å². The molecule has 0 aromatic heterocycles. The summed E-state index contributed by atoms with van der Waals surface area (Å²) in [4.78, 5) is 0.218. The topological polar surface area (TPSA) is 46.5 Å². The summed E-state index contributed by atoms with van der Waals surface area (Å²) >= 11 is 0. The van der Waals surface area contributed by atoms with E-state index >= 15 is 0 Å². The number of hydrogen-bond acceptors (Lipinski definition) is 2. The van der Waals surface area contributed by atoms with Crippen LogP contribution in [0.25, 0.3) is 0 Å². The number of nitrogens with zero attached hydrogens (tertiary/aromatic N) is 1. The highest BCUT2D eigenvalue weighted by atomic mass is 32.2. The average molecular weight is 287 g/mol. The van der Waals surface area contributed by atoms with Gasteiger partial charge in [0.25, 0.3) is 10.0 Å². The largest absolute Gasteiger partial charge is 0.282 e. The zero-order valence-corrected chi connectivity index (χ0v) is 12.6. The molecule has 4 heteroatoms. The van der Waals surface area contributed by atoms with Gasteiger partial charge in [-0.3, -0.25) is 0 Å². The van der Waals surface area contributed by atoms with Gasteiger partial charge in [-0.25, -0.2) is 0 Å². The van der Waals surface area contributed by atoms with Crippen LogP contribution in [0.1, 0.15) is 23.6 Å². The third kappa shape index (κ3) is 3.33. The summed E-state index contributed by atoms with van der Waals surface area (Å²) in [5, 5.41) is 0. The van der Waals surface area contributed by atoms with Gasteiger partial charge in [-0.05, 0) is 38.5 Å². The Balaban J connectivity index is 2.40. The Hall–Kier alpha value is -1.94. The summed E-state index contributed by atoms with van der Waals surface area (Å²) in [5.41, 5.74) is 3.41. The number of rotatable bonds is 3. The molecule has 2 rings (SSSR count). The van der Waals surface area contributed by atoms with Crippen LogP contribution in [0, 0.1) is 13.8 Å². The highest BCUT2D eigenvalue weighted by Gasteiger charge is 2.13. The highest BCUT2D eigenvalue weighted by Crippen LogP contribution is 2.15. The number of hydrogen-bond donors (Lipinski definition) is 0. The maximum absolute atomic E-state index is 12.2. The molecular weight excluding hydrogens is 270 g/mol. The van der Waals surface area contributed by atoms with Gasteiger partial charge in [-0.1, -0.05) is 47.5 Å². The van der Waals surface area contributed by atoms with Crippen molar-refractivity contribution in [1.82, 2.24) is 0 Å². The molecule has 0 aliphatic rings. The fourth-order valence-corrected chi connectivity index (χ4v) is 2.92. The summed E-state index contributed by atoms with van der Waals surface area (Å²) in [6, 6.07) is 14.3. The molecule has 0 fully saturated rings. The lowest BCUT2D eigenvalue weighted by Gasteiger charge is -2.04. The Labute approximate surface area is 120 Å². The quantitative estimate of drug-likeness (QED) is 0.811. The Morgan fingerprint density at radius 2 is 1.60 bits per heavy atom. The van der Waals surface area contributed by atoms with Crippen molar-refractivity contribution in [2.45, 2.75) is 25.7 Å². The van der Waals surface area contributed by atoms with Crippen molar-refractivity contribution in [3.05, 3.63) is 65.2 Å². The van der Waals surface area contributed by atoms with E-state index < -0.39 is 10.0 Å². The van der Waals surface area contributed by atoms with Gasteiger partial charge in [0.15, 0.2) is 0 Å². The molecule has 0 aliphatic heterocycles. The van der Waals surface area contributed by atoms with E-state index in [1.165, 1.54) is 0 Å². The van der Waals surface area contributed by atoms with E-state index in [1.54, 1.807) is 31.2 Å². The lowest BCUT2D eigenvalue weighted by molar-refractivity contribution is 0.598. The second kappa shape index (κ2) is 5.59. The summed E-state index contributed by atoms with van der Waals surface area (Å²) in [7, 11) is -3.65. The van der Waals surface area contributed by atoms with E-state index in [-0.39, 0.29) is 4.90 Å². The molecule has 3 nitrogen and oxygen atoms in total. The van der Waals surface area contributed by atoms with Crippen molar-refractivity contribution >= 4 is 15.7 Å². The number of sulfonamides is 1. The lowest BCUT2D eigenvalue weighted by atomic mass is 10.1. The fourth-order valence-electron chi connectivity index (χ4n) is 1.87. The van der Waals surface area contributed by atoms with Crippen LogP contribution >= 0.6 is 0 Å². The van der Waals surface area contributed by atoms with Gasteiger partial charge in [0.2, 0.25) is 0 Å². The molecule has 0 saturated heterocycles. The second-order valence-corrected chi connectivity index (χ2v) is 6.44. The molecule has 0 aliphatic carbocycles. The van der Waals surface area contributed by atoms with Crippen LogP contribution in [0.5, 0.6) is 0 Å². The van der Waals surface area contributed by atoms with Crippen LogP contribution in [-0.2, 0) is 10.0 Å². The van der Waals surface area contributed by atoms with E-state index in [4.69, 9.17) is 0 Å². The van der Waals surface area contributed by atoms with E-state index in [2.05, 4.69) is 4.40 Å². The Bertz CT molecular complexity index is 744. The minimum Gasteiger partial charge on any atom is -0.199 e. The first-order chi connectivity index (χ1) is 9.38. The van der Waals surface area contributed by atoms with Gasteiger partial charge in [-0.2, -0.15) is 12.8 Å². The van der Waals surface area contributed by atoms with Gasteiger partial charge < -0.3 is 0 Å². The van der Waals surface area contributed by atoms with Crippen molar-refractivity contribution in [2.75, 3.05) is 0 Å². The number of benzene rings is 2. The average Bonchev–Trinajstić information content (AvgIpc) is 2.38. The molecular formula is C16H17NO2S. The Morgan fingerprint density at radius 3 is 2.20 bits per heavy atom. The molecule has 0 atom stereocenters. The molecule has 0 saturated carbocycles. The van der Waals surface area contributed by atoms with Crippen LogP contribution in [0.15, 0.2) is 57.8 Å². The molecule has 0 heterocycles. The molecule has 2 aromatic carbocycles. The minimum absolute atomic E-state index is 0.218. The summed E-state index contributed by atoms with van der Waals surface area (Å²) in [6.45, 7) is 5.59. The molecule has 0 unspecified atom stereocenters. The third-order valence-corrected chi connectivity index (χ3v) is 4.39. The monoisotopic (exact) mass is 287 g/mol. The van der Waals surface area contributed by atoms with Crippen molar-refractivity contribution in [2.24, 2.45) is 4.40 Å². The van der Waals surface area contributed by atoms with Gasteiger partial charge >= 0.3 is 0 Å². The van der Waals surface area contributed by atoms with E-state index in [0.717, 1.165) is 16.7 Å². The highest BCUT2D eigenvalue weighted by molar-refractivity contribution is 7.90. The predicted octanol–water partition coefficient (Wildman–Crippen LogP) is 3.50. The summed E-state index contributed by atoms with van der Waals surface area (Å²) in [6.07, 6.45) is 0. The first kappa shape index (κ1) is 14.5. The van der Waals surface area contributed by atoms with E-state index in [9.17, 15) is 8.42 Å². The van der Waals surface area contributed by atoms with Crippen LogP contribution in [-0.4, -0.2) is 14.1 Å². The molecule has 0 radical (unpaired) electrons. The predicted molar refractivity (Wildman–Crippen MR) is 81.8 cm³/mol. The van der Waals surface area contributed by atoms with Gasteiger partial charge in [-0.15, -0.1) is 0 Å². The van der Waals surface area contributed by atoms with Crippen LogP contribution in [0.3, 0.4) is 0 Å². The first-order valence-corrected chi connectivity index (χ1v) is 7.78. The minimum atomic E-state index is -3.65. The standard InChI is InChI=1S/C16H17NO2S/c1-12-7-9-16(10-8-12)20(18,19)17-14(3)15-6-4-5-13(2)11-15/h4-11H,1-3H3/b17-14+. The molecule has 0 bridgehead atoms. The first-order valence-electron chi connectivity index (χ1n) is 6.34. The molecule has 0 spiro atoms. The van der Waals surface area contributed by atoms with E-state index in [1.807, 2.05) is 38.1 Å². The number of aryl methyl sites for hydroxylation is 2. The summed E-state index contributed by atoms with van der Waals surface area (Å²) in [5.74, 6) is 0.